The molecule has 3 aliphatic carbocycles. The topological polar surface area (TPSA) is 29.5 Å². The number of allylic oxidation sites excluding steroid dienone is 4. The molecular weight excluding hydrogens is 248 g/mol. The number of phenols is 1. The lowest BCUT2D eigenvalue weighted by Gasteiger charge is -2.34. The number of fused-ring (bicyclic) bond motifs is 1. The van der Waals surface area contributed by atoms with Crippen LogP contribution in [-0.2, 0) is 16.8 Å². The average Bonchev–Trinajstić information content (AvgIpc) is 3.27. The molecular formula is C18H18O2. The standard InChI is InChI=1S/C18H18O2/c1-9(14-16-12-6-18(12,14)16)10-4-5-13(19)15-11(10)7-20-8-17(15,2)3/h4-5,19H,6-8H2,1-3H3. The van der Waals surface area contributed by atoms with Crippen molar-refractivity contribution in [3.8, 4) is 5.75 Å². The normalized spacial score (nSPS) is 33.1. The van der Waals surface area contributed by atoms with Gasteiger partial charge in [0, 0.05) is 16.4 Å². The molecule has 1 atom stereocenters. The first kappa shape index (κ1) is 11.2. The molecule has 2 fully saturated rings. The van der Waals surface area contributed by atoms with Gasteiger partial charge in [-0.25, -0.2) is 0 Å². The van der Waals surface area contributed by atoms with Crippen molar-refractivity contribution in [1.82, 2.24) is 0 Å². The van der Waals surface area contributed by atoms with Gasteiger partial charge in [-0.3, -0.25) is 0 Å². The summed E-state index contributed by atoms with van der Waals surface area (Å²) >= 11 is 0. The van der Waals surface area contributed by atoms with E-state index in [0.717, 1.165) is 5.56 Å². The molecule has 0 saturated heterocycles. The molecule has 1 heterocycles. The van der Waals surface area contributed by atoms with E-state index in [4.69, 9.17) is 4.74 Å². The van der Waals surface area contributed by atoms with Gasteiger partial charge in [0.15, 0.2) is 0 Å². The van der Waals surface area contributed by atoms with Crippen molar-refractivity contribution in [3.05, 3.63) is 45.5 Å². The van der Waals surface area contributed by atoms with E-state index in [1.807, 2.05) is 6.07 Å². The highest BCUT2D eigenvalue weighted by atomic mass is 16.5. The molecule has 0 aromatic heterocycles. The summed E-state index contributed by atoms with van der Waals surface area (Å²) in [5.74, 6) is 0.417. The summed E-state index contributed by atoms with van der Waals surface area (Å²) in [6, 6.07) is 3.93. The zero-order valence-corrected chi connectivity index (χ0v) is 12.1. The van der Waals surface area contributed by atoms with Gasteiger partial charge in [-0.15, -0.1) is 0 Å². The SMILES string of the molecule is CC(=C1C2=C3CC312)c1ccc(O)c2c1COCC2(C)C. The van der Waals surface area contributed by atoms with Crippen molar-refractivity contribution in [2.24, 2.45) is 5.41 Å². The number of phenolic OH excluding ortho intramolecular Hbond substituents is 1. The molecule has 1 spiro atoms. The maximum Gasteiger partial charge on any atom is 0.119 e. The quantitative estimate of drug-likeness (QED) is 0.840. The van der Waals surface area contributed by atoms with Crippen LogP contribution in [0.1, 0.15) is 43.9 Å². The van der Waals surface area contributed by atoms with Crippen molar-refractivity contribution in [2.45, 2.75) is 39.2 Å². The third-order valence-corrected chi connectivity index (χ3v) is 5.57. The van der Waals surface area contributed by atoms with Crippen molar-refractivity contribution in [2.75, 3.05) is 6.61 Å². The Labute approximate surface area is 118 Å². The molecule has 20 heavy (non-hydrogen) atoms. The predicted octanol–water partition coefficient (Wildman–Crippen LogP) is 3.69. The van der Waals surface area contributed by atoms with E-state index in [0.29, 0.717) is 24.4 Å². The summed E-state index contributed by atoms with van der Waals surface area (Å²) in [5, 5.41) is 10.3. The van der Waals surface area contributed by atoms with Crippen LogP contribution in [0, 0.1) is 5.41 Å². The zero-order valence-electron chi connectivity index (χ0n) is 12.1. The Morgan fingerprint density at radius 1 is 1.30 bits per heavy atom. The largest absolute Gasteiger partial charge is 0.508 e. The summed E-state index contributed by atoms with van der Waals surface area (Å²) < 4.78 is 5.79. The van der Waals surface area contributed by atoms with Gasteiger partial charge in [0.05, 0.1) is 13.2 Å². The van der Waals surface area contributed by atoms with Crippen LogP contribution in [0.25, 0.3) is 5.57 Å². The van der Waals surface area contributed by atoms with Gasteiger partial charge in [0.25, 0.3) is 0 Å². The van der Waals surface area contributed by atoms with Gasteiger partial charge >= 0.3 is 0 Å². The van der Waals surface area contributed by atoms with Crippen molar-refractivity contribution >= 4 is 5.57 Å². The first-order chi connectivity index (χ1) is 9.48. The van der Waals surface area contributed by atoms with Crippen LogP contribution >= 0.6 is 0 Å². The molecule has 5 rings (SSSR count). The Hall–Kier alpha value is -1.54. The minimum Gasteiger partial charge on any atom is -0.508 e. The second kappa shape index (κ2) is 2.89. The number of ether oxygens (including phenoxy) is 1. The van der Waals surface area contributed by atoms with Crippen LogP contribution in [0.5, 0.6) is 5.75 Å². The second-order valence-electron chi connectivity index (χ2n) is 7.30. The van der Waals surface area contributed by atoms with E-state index < -0.39 is 0 Å². The van der Waals surface area contributed by atoms with Crippen LogP contribution in [-0.4, -0.2) is 11.7 Å². The van der Waals surface area contributed by atoms with Gasteiger partial charge in [0.2, 0.25) is 0 Å². The number of aromatic hydroxyl groups is 1. The molecule has 1 unspecified atom stereocenters. The molecule has 2 saturated carbocycles. The van der Waals surface area contributed by atoms with Crippen LogP contribution in [0.3, 0.4) is 0 Å². The third-order valence-electron chi connectivity index (χ3n) is 5.57. The van der Waals surface area contributed by atoms with Crippen molar-refractivity contribution in [3.63, 3.8) is 0 Å². The third kappa shape index (κ3) is 1.04. The summed E-state index contributed by atoms with van der Waals surface area (Å²) in [7, 11) is 0. The Morgan fingerprint density at radius 2 is 2.05 bits per heavy atom. The first-order valence-corrected chi connectivity index (χ1v) is 7.38. The molecule has 1 N–H and O–H groups in total. The fraction of sp³-hybridized carbons (Fsp3) is 0.444. The Morgan fingerprint density at radius 3 is 2.70 bits per heavy atom. The van der Waals surface area contributed by atoms with Crippen LogP contribution in [0.2, 0.25) is 0 Å². The maximum atomic E-state index is 10.3. The highest BCUT2D eigenvalue weighted by Crippen LogP contribution is 2.96. The first-order valence-electron chi connectivity index (χ1n) is 7.38. The van der Waals surface area contributed by atoms with Gasteiger partial charge in [-0.2, -0.15) is 0 Å². The molecule has 102 valence electrons. The fourth-order valence-corrected chi connectivity index (χ4v) is 4.33. The summed E-state index contributed by atoms with van der Waals surface area (Å²) in [6.45, 7) is 7.81. The fourth-order valence-electron chi connectivity index (χ4n) is 4.33. The molecule has 1 aliphatic heterocycles. The van der Waals surface area contributed by atoms with E-state index in [2.05, 4.69) is 26.8 Å². The number of benzene rings is 1. The monoisotopic (exact) mass is 266 g/mol. The van der Waals surface area contributed by atoms with Gasteiger partial charge in [-0.05, 0) is 52.8 Å². The molecule has 0 amide bonds. The predicted molar refractivity (Wildman–Crippen MR) is 77.5 cm³/mol. The van der Waals surface area contributed by atoms with Crippen LogP contribution in [0.15, 0.2) is 28.9 Å². The highest BCUT2D eigenvalue weighted by molar-refractivity contribution is 6.03. The van der Waals surface area contributed by atoms with E-state index in [-0.39, 0.29) is 5.41 Å². The number of hydrogen-bond acceptors (Lipinski definition) is 2. The van der Waals surface area contributed by atoms with Crippen LogP contribution in [0.4, 0.5) is 0 Å². The average molecular weight is 266 g/mol. The molecule has 0 radical (unpaired) electrons. The lowest BCUT2D eigenvalue weighted by molar-refractivity contribution is 0.0625. The van der Waals surface area contributed by atoms with Crippen molar-refractivity contribution in [1.29, 1.82) is 0 Å². The summed E-state index contributed by atoms with van der Waals surface area (Å²) in [5.41, 5.74) is 10.3. The lowest BCUT2D eigenvalue weighted by atomic mass is 9.78. The van der Waals surface area contributed by atoms with E-state index in [1.54, 1.807) is 16.7 Å². The van der Waals surface area contributed by atoms with E-state index >= 15 is 0 Å². The van der Waals surface area contributed by atoms with Crippen molar-refractivity contribution < 1.29 is 9.84 Å². The van der Waals surface area contributed by atoms with E-state index in [1.165, 1.54) is 23.1 Å². The lowest BCUT2D eigenvalue weighted by Crippen LogP contribution is -2.31. The second-order valence-corrected chi connectivity index (χ2v) is 7.30. The van der Waals surface area contributed by atoms with Gasteiger partial charge < -0.3 is 9.84 Å². The summed E-state index contributed by atoms with van der Waals surface area (Å²) in [6.07, 6.45) is 1.32. The summed E-state index contributed by atoms with van der Waals surface area (Å²) in [4.78, 5) is 0. The van der Waals surface area contributed by atoms with Crippen LogP contribution < -0.4 is 0 Å². The smallest absolute Gasteiger partial charge is 0.119 e. The molecule has 4 aliphatic rings. The molecule has 0 bridgehead atoms. The highest BCUT2D eigenvalue weighted by Gasteiger charge is 2.84. The molecule has 1 aromatic rings. The Balaban J connectivity index is 1.72. The molecule has 2 nitrogen and oxygen atoms in total. The van der Waals surface area contributed by atoms with E-state index in [9.17, 15) is 5.11 Å². The van der Waals surface area contributed by atoms with Gasteiger partial charge in [0.1, 0.15) is 5.75 Å². The number of hydrogen-bond donors (Lipinski definition) is 1. The Bertz CT molecular complexity index is 764. The zero-order chi connectivity index (χ0) is 13.9. The molecule has 1 aromatic carbocycles. The minimum atomic E-state index is -0.118. The molecule has 2 heteroatoms. The number of rotatable bonds is 1. The minimum absolute atomic E-state index is 0.118. The Kier molecular flexibility index (Phi) is 1.61. The van der Waals surface area contributed by atoms with Gasteiger partial charge in [-0.1, -0.05) is 19.9 Å². The maximum absolute atomic E-state index is 10.3.